The van der Waals surface area contributed by atoms with Crippen molar-refractivity contribution >= 4 is 22.8 Å². The molecule has 3 rings (SSSR count). The lowest BCUT2D eigenvalue weighted by Crippen LogP contribution is -2.22. The van der Waals surface area contributed by atoms with Crippen LogP contribution in [0.4, 0.5) is 0 Å². The fourth-order valence-electron chi connectivity index (χ4n) is 2.94. The molecule has 0 radical (unpaired) electrons. The molecule has 0 fully saturated rings. The number of furan rings is 1. The van der Waals surface area contributed by atoms with Crippen LogP contribution in [0.25, 0.3) is 10.9 Å². The van der Waals surface area contributed by atoms with Gasteiger partial charge in [0, 0.05) is 23.5 Å². The quantitative estimate of drug-likeness (QED) is 0.641. The van der Waals surface area contributed by atoms with Crippen molar-refractivity contribution in [3.63, 3.8) is 0 Å². The van der Waals surface area contributed by atoms with Crippen molar-refractivity contribution in [2.24, 2.45) is 0 Å². The minimum atomic E-state index is -1.03. The van der Waals surface area contributed by atoms with Crippen molar-refractivity contribution in [1.82, 2.24) is 10.3 Å². The maximum absolute atomic E-state index is 12.1. The predicted molar refractivity (Wildman–Crippen MR) is 93.6 cm³/mol. The second-order valence-corrected chi connectivity index (χ2v) is 6.08. The highest BCUT2D eigenvalue weighted by atomic mass is 16.4. The minimum absolute atomic E-state index is 0.104. The van der Waals surface area contributed by atoms with Crippen LogP contribution in [-0.2, 0) is 17.8 Å². The number of aromatic carboxylic acids is 1. The van der Waals surface area contributed by atoms with E-state index in [0.717, 1.165) is 16.5 Å². The van der Waals surface area contributed by atoms with E-state index >= 15 is 0 Å². The van der Waals surface area contributed by atoms with E-state index in [9.17, 15) is 9.59 Å². The molecule has 0 atom stereocenters. The monoisotopic (exact) mass is 340 g/mol. The number of nitrogens with one attached hydrogen (secondary N) is 2. The SMILES string of the molecule is Cc1oc(CNC(=O)CCc2c[nH]c3c(C)cccc23)cc1C(=O)O. The zero-order valence-electron chi connectivity index (χ0n) is 14.2. The second kappa shape index (κ2) is 6.84. The van der Waals surface area contributed by atoms with Crippen LogP contribution in [0.15, 0.2) is 34.9 Å². The maximum atomic E-state index is 12.1. The van der Waals surface area contributed by atoms with Gasteiger partial charge in [-0.2, -0.15) is 0 Å². The first-order chi connectivity index (χ1) is 12.0. The molecule has 6 heteroatoms. The Morgan fingerprint density at radius 2 is 2.08 bits per heavy atom. The standard InChI is InChI=1S/C19H20N2O4/c1-11-4-3-5-15-13(9-21-18(11)15)6-7-17(22)20-10-14-8-16(19(23)24)12(2)25-14/h3-5,8-9,21H,6-7,10H2,1-2H3,(H,20,22)(H,23,24). The number of rotatable bonds is 6. The Bertz CT molecular complexity index is 936. The predicted octanol–water partition coefficient (Wildman–Crippen LogP) is 3.32. The Morgan fingerprint density at radius 1 is 1.28 bits per heavy atom. The average molecular weight is 340 g/mol. The maximum Gasteiger partial charge on any atom is 0.339 e. The van der Waals surface area contributed by atoms with Crippen molar-refractivity contribution in [3.8, 4) is 0 Å². The number of aromatic nitrogens is 1. The molecule has 0 aliphatic heterocycles. The molecule has 1 amide bonds. The summed E-state index contributed by atoms with van der Waals surface area (Å²) >= 11 is 0. The number of hydrogen-bond donors (Lipinski definition) is 3. The van der Waals surface area contributed by atoms with Crippen molar-refractivity contribution in [1.29, 1.82) is 0 Å². The highest BCUT2D eigenvalue weighted by Crippen LogP contribution is 2.22. The van der Waals surface area contributed by atoms with Crippen LogP contribution in [0.5, 0.6) is 0 Å². The Morgan fingerprint density at radius 3 is 2.80 bits per heavy atom. The number of fused-ring (bicyclic) bond motifs is 1. The van der Waals surface area contributed by atoms with Gasteiger partial charge in [0.2, 0.25) is 5.91 Å². The fraction of sp³-hybridized carbons (Fsp3) is 0.263. The number of para-hydroxylation sites is 1. The topological polar surface area (TPSA) is 95.3 Å². The number of carbonyl (C=O) groups excluding carboxylic acids is 1. The zero-order valence-corrected chi connectivity index (χ0v) is 14.2. The van der Waals surface area contributed by atoms with Gasteiger partial charge in [-0.1, -0.05) is 18.2 Å². The molecule has 0 saturated heterocycles. The number of carboxylic acids is 1. The number of carbonyl (C=O) groups is 2. The van der Waals surface area contributed by atoms with E-state index in [0.29, 0.717) is 24.4 Å². The van der Waals surface area contributed by atoms with E-state index in [4.69, 9.17) is 9.52 Å². The summed E-state index contributed by atoms with van der Waals surface area (Å²) in [5.41, 5.74) is 3.51. The third-order valence-corrected chi connectivity index (χ3v) is 4.29. The molecule has 25 heavy (non-hydrogen) atoms. The molecule has 1 aromatic carbocycles. The first kappa shape index (κ1) is 16.8. The van der Waals surface area contributed by atoms with Crippen LogP contribution in [0.2, 0.25) is 0 Å². The number of carboxylic acid groups (broad SMARTS) is 1. The van der Waals surface area contributed by atoms with Gasteiger partial charge in [-0.15, -0.1) is 0 Å². The molecule has 0 spiro atoms. The van der Waals surface area contributed by atoms with Crippen LogP contribution >= 0.6 is 0 Å². The lowest BCUT2D eigenvalue weighted by atomic mass is 10.1. The summed E-state index contributed by atoms with van der Waals surface area (Å²) in [7, 11) is 0. The van der Waals surface area contributed by atoms with E-state index in [1.54, 1.807) is 6.92 Å². The molecule has 0 unspecified atom stereocenters. The number of amides is 1. The van der Waals surface area contributed by atoms with E-state index in [-0.39, 0.29) is 18.0 Å². The number of H-pyrrole nitrogens is 1. The summed E-state index contributed by atoms with van der Waals surface area (Å²) < 4.78 is 5.35. The van der Waals surface area contributed by atoms with E-state index < -0.39 is 5.97 Å². The molecule has 0 aliphatic rings. The van der Waals surface area contributed by atoms with Gasteiger partial charge < -0.3 is 19.8 Å². The van der Waals surface area contributed by atoms with E-state index in [1.165, 1.54) is 11.6 Å². The fourth-order valence-corrected chi connectivity index (χ4v) is 2.94. The zero-order chi connectivity index (χ0) is 18.0. The molecule has 2 aromatic heterocycles. The summed E-state index contributed by atoms with van der Waals surface area (Å²) in [6, 6.07) is 7.55. The first-order valence-electron chi connectivity index (χ1n) is 8.10. The van der Waals surface area contributed by atoms with Gasteiger partial charge in [0.05, 0.1) is 6.54 Å². The Balaban J connectivity index is 1.57. The highest BCUT2D eigenvalue weighted by Gasteiger charge is 2.14. The average Bonchev–Trinajstić information content (AvgIpc) is 3.15. The van der Waals surface area contributed by atoms with Crippen LogP contribution in [0.3, 0.4) is 0 Å². The lowest BCUT2D eigenvalue weighted by Gasteiger charge is -2.03. The van der Waals surface area contributed by atoms with Gasteiger partial charge in [-0.05, 0) is 37.5 Å². The van der Waals surface area contributed by atoms with Crippen molar-refractivity contribution in [2.75, 3.05) is 0 Å². The van der Waals surface area contributed by atoms with Gasteiger partial charge in [0.25, 0.3) is 0 Å². The van der Waals surface area contributed by atoms with Crippen LogP contribution < -0.4 is 5.32 Å². The van der Waals surface area contributed by atoms with Crippen molar-refractivity contribution in [2.45, 2.75) is 33.2 Å². The normalized spacial score (nSPS) is 11.0. The summed E-state index contributed by atoms with van der Waals surface area (Å²) in [4.78, 5) is 26.3. The number of aromatic amines is 1. The Hall–Kier alpha value is -3.02. The lowest BCUT2D eigenvalue weighted by molar-refractivity contribution is -0.121. The minimum Gasteiger partial charge on any atom is -0.478 e. The van der Waals surface area contributed by atoms with Crippen molar-refractivity contribution in [3.05, 3.63) is 58.7 Å². The van der Waals surface area contributed by atoms with Crippen LogP contribution in [0, 0.1) is 13.8 Å². The Labute approximate surface area is 144 Å². The van der Waals surface area contributed by atoms with Gasteiger partial charge >= 0.3 is 5.97 Å². The molecule has 130 valence electrons. The number of aryl methyl sites for hydroxylation is 3. The largest absolute Gasteiger partial charge is 0.478 e. The number of benzene rings is 1. The van der Waals surface area contributed by atoms with Crippen molar-refractivity contribution < 1.29 is 19.1 Å². The molecular weight excluding hydrogens is 320 g/mol. The Kier molecular flexibility index (Phi) is 4.61. The van der Waals surface area contributed by atoms with Gasteiger partial charge in [0.1, 0.15) is 17.1 Å². The highest BCUT2D eigenvalue weighted by molar-refractivity contribution is 5.89. The smallest absolute Gasteiger partial charge is 0.339 e. The third-order valence-electron chi connectivity index (χ3n) is 4.29. The molecule has 3 aromatic rings. The van der Waals surface area contributed by atoms with Gasteiger partial charge in [0.15, 0.2) is 0 Å². The number of hydrogen-bond acceptors (Lipinski definition) is 3. The summed E-state index contributed by atoms with van der Waals surface area (Å²) in [6.45, 7) is 3.82. The van der Waals surface area contributed by atoms with E-state index in [2.05, 4.69) is 10.3 Å². The van der Waals surface area contributed by atoms with Crippen LogP contribution in [0.1, 0.15) is 39.4 Å². The molecule has 0 aliphatic carbocycles. The van der Waals surface area contributed by atoms with Gasteiger partial charge in [-0.25, -0.2) is 4.79 Å². The molecule has 0 saturated carbocycles. The molecule has 6 nitrogen and oxygen atoms in total. The van der Waals surface area contributed by atoms with Crippen LogP contribution in [-0.4, -0.2) is 22.0 Å². The summed E-state index contributed by atoms with van der Waals surface area (Å²) in [5, 5.41) is 12.9. The first-order valence-corrected chi connectivity index (χ1v) is 8.10. The van der Waals surface area contributed by atoms with Gasteiger partial charge in [-0.3, -0.25) is 4.79 Å². The summed E-state index contributed by atoms with van der Waals surface area (Å²) in [6.07, 6.45) is 2.93. The van der Waals surface area contributed by atoms with E-state index in [1.807, 2.05) is 31.3 Å². The third kappa shape index (κ3) is 3.57. The molecule has 3 N–H and O–H groups in total. The molecular formula is C19H20N2O4. The second-order valence-electron chi connectivity index (χ2n) is 6.08. The summed E-state index contributed by atoms with van der Waals surface area (Å²) in [5.74, 6) is -0.363. The molecule has 2 heterocycles. The molecule has 0 bridgehead atoms.